The van der Waals surface area contributed by atoms with Gasteiger partial charge in [0, 0.05) is 38.1 Å². The topological polar surface area (TPSA) is 9.86 Å². The molecule has 182 valence electrons. The van der Waals surface area contributed by atoms with Crippen LogP contribution in [0.4, 0.5) is 0 Å². The molecule has 2 heteroatoms. The zero-order chi connectivity index (χ0) is 25.6. The second kappa shape index (κ2) is 8.93. The van der Waals surface area contributed by atoms with E-state index >= 15 is 0 Å². The van der Waals surface area contributed by atoms with E-state index in [-0.39, 0.29) is 0 Å². The second-order valence-corrected chi connectivity index (χ2v) is 9.70. The Labute approximate surface area is 222 Å². The summed E-state index contributed by atoms with van der Waals surface area (Å²) >= 11 is 0. The van der Waals surface area contributed by atoms with Gasteiger partial charge in [0.15, 0.2) is 0 Å². The van der Waals surface area contributed by atoms with Gasteiger partial charge in [-0.15, -0.1) is 0 Å². The molecule has 38 heavy (non-hydrogen) atoms. The lowest BCUT2D eigenvalue weighted by Crippen LogP contribution is -2.27. The van der Waals surface area contributed by atoms with Gasteiger partial charge in [-0.25, -0.2) is 0 Å². The molecule has 0 unspecified atom stereocenters. The Balaban J connectivity index is 1.51. The maximum atomic E-state index is 2.38. The molecule has 2 aromatic heterocycles. The molecule has 0 saturated carbocycles. The lowest BCUT2D eigenvalue weighted by molar-refractivity contribution is 1.07. The zero-order valence-electron chi connectivity index (χ0n) is 21.6. The largest absolute Gasteiger partial charge is 0.310 e. The Hall–Kier alpha value is -4.82. The molecule has 2 heterocycles. The van der Waals surface area contributed by atoms with Crippen LogP contribution in [0.3, 0.4) is 0 Å². The maximum absolute atomic E-state index is 2.38. The van der Waals surface area contributed by atoms with E-state index in [1.54, 1.807) is 0 Å². The smallest absolute Gasteiger partial charge is 0.0547 e. The minimum atomic E-state index is 1.18. The number of para-hydroxylation sites is 3. The number of benzene rings is 5. The van der Waals surface area contributed by atoms with Crippen LogP contribution in [-0.4, -0.2) is 9.13 Å². The molecule has 7 aromatic rings. The van der Waals surface area contributed by atoms with Gasteiger partial charge in [-0.05, 0) is 67.4 Å². The van der Waals surface area contributed by atoms with Gasteiger partial charge in [0.1, 0.15) is 0 Å². The fourth-order valence-corrected chi connectivity index (χ4v) is 5.96. The first-order chi connectivity index (χ1) is 18.8. The van der Waals surface area contributed by atoms with Crippen molar-refractivity contribution in [3.05, 3.63) is 132 Å². The van der Waals surface area contributed by atoms with Crippen LogP contribution in [0.15, 0.2) is 121 Å². The lowest BCUT2D eigenvalue weighted by Gasteiger charge is -2.10. The van der Waals surface area contributed by atoms with Crippen molar-refractivity contribution in [1.82, 2.24) is 9.13 Å². The van der Waals surface area contributed by atoms with Crippen LogP contribution in [0.2, 0.25) is 0 Å². The number of nitrogens with zero attached hydrogens (tertiary/aromatic N) is 2. The van der Waals surface area contributed by atoms with Crippen LogP contribution in [0.5, 0.6) is 0 Å². The van der Waals surface area contributed by atoms with Gasteiger partial charge in [-0.1, -0.05) is 91.0 Å². The van der Waals surface area contributed by atoms with Crippen molar-refractivity contribution in [2.45, 2.75) is 13.8 Å². The van der Waals surface area contributed by atoms with Gasteiger partial charge in [0.2, 0.25) is 0 Å². The lowest BCUT2D eigenvalue weighted by atomic mass is 10.0. The third-order valence-electron chi connectivity index (χ3n) is 7.64. The second-order valence-electron chi connectivity index (χ2n) is 9.70. The summed E-state index contributed by atoms with van der Waals surface area (Å²) in [6.07, 6.45) is 4.44. The maximum Gasteiger partial charge on any atom is 0.0547 e. The standard InChI is InChI=1S/C36H28N2/c1-3-29-31-21-19-25(23-35(31)37(33(29)4-2)27-13-7-5-8-14-27)26-20-22-32-30-17-11-12-18-34(30)38(36(32)24-26)28-15-9-6-10-16-28/h3-24H,1-2H3/b29-3-,33-4+. The molecular formula is C36H28N2. The van der Waals surface area contributed by atoms with Gasteiger partial charge < -0.3 is 9.13 Å². The van der Waals surface area contributed by atoms with Gasteiger partial charge in [-0.2, -0.15) is 0 Å². The number of aromatic nitrogens is 2. The highest BCUT2D eigenvalue weighted by atomic mass is 15.0. The van der Waals surface area contributed by atoms with Gasteiger partial charge in [0.25, 0.3) is 0 Å². The highest BCUT2D eigenvalue weighted by molar-refractivity contribution is 6.10. The highest BCUT2D eigenvalue weighted by Crippen LogP contribution is 2.35. The van der Waals surface area contributed by atoms with E-state index in [4.69, 9.17) is 0 Å². The van der Waals surface area contributed by atoms with E-state index in [0.29, 0.717) is 0 Å². The van der Waals surface area contributed by atoms with Crippen molar-refractivity contribution in [3.8, 4) is 22.5 Å². The zero-order valence-corrected chi connectivity index (χ0v) is 21.6. The van der Waals surface area contributed by atoms with E-state index < -0.39 is 0 Å². The molecule has 0 bridgehead atoms. The fraction of sp³-hybridized carbons (Fsp3) is 0.0556. The summed E-state index contributed by atoms with van der Waals surface area (Å²) in [7, 11) is 0. The molecule has 0 saturated heterocycles. The van der Waals surface area contributed by atoms with E-state index in [2.05, 4.69) is 156 Å². The molecule has 0 radical (unpaired) electrons. The summed E-state index contributed by atoms with van der Waals surface area (Å²) in [5, 5.41) is 6.32. The Morgan fingerprint density at radius 1 is 0.447 bits per heavy atom. The van der Waals surface area contributed by atoms with Crippen molar-refractivity contribution < 1.29 is 0 Å². The van der Waals surface area contributed by atoms with Crippen molar-refractivity contribution in [3.63, 3.8) is 0 Å². The predicted octanol–water partition coefficient (Wildman–Crippen LogP) is 8.00. The minimum Gasteiger partial charge on any atom is -0.310 e. The number of hydrogen-bond acceptors (Lipinski definition) is 0. The Bertz CT molecular complexity index is 2080. The number of hydrogen-bond donors (Lipinski definition) is 0. The summed E-state index contributed by atoms with van der Waals surface area (Å²) in [5.74, 6) is 0. The summed E-state index contributed by atoms with van der Waals surface area (Å²) in [6.45, 7) is 4.25. The van der Waals surface area contributed by atoms with Crippen LogP contribution in [0.1, 0.15) is 13.8 Å². The van der Waals surface area contributed by atoms with Crippen LogP contribution in [-0.2, 0) is 0 Å². The predicted molar refractivity (Wildman–Crippen MR) is 163 cm³/mol. The molecule has 0 aliphatic heterocycles. The van der Waals surface area contributed by atoms with E-state index in [1.165, 1.54) is 65.8 Å². The van der Waals surface area contributed by atoms with Gasteiger partial charge in [0.05, 0.1) is 16.6 Å². The Morgan fingerprint density at radius 2 is 0.974 bits per heavy atom. The highest BCUT2D eigenvalue weighted by Gasteiger charge is 2.14. The molecule has 0 amide bonds. The molecule has 0 aliphatic carbocycles. The SMILES string of the molecule is C/C=c1\c(=C/C)n(-c2ccccc2)c2cc(-c3ccc4c5ccccc5n(-c5ccccc5)c4c3)ccc12. The van der Waals surface area contributed by atoms with E-state index in [1.807, 2.05) is 0 Å². The molecule has 5 aromatic carbocycles. The fourth-order valence-electron chi connectivity index (χ4n) is 5.96. The third-order valence-corrected chi connectivity index (χ3v) is 7.64. The van der Waals surface area contributed by atoms with Crippen LogP contribution >= 0.6 is 0 Å². The van der Waals surface area contributed by atoms with Crippen LogP contribution < -0.4 is 10.6 Å². The van der Waals surface area contributed by atoms with Crippen molar-refractivity contribution >= 4 is 44.9 Å². The van der Waals surface area contributed by atoms with Crippen molar-refractivity contribution in [2.75, 3.05) is 0 Å². The molecule has 7 rings (SSSR count). The van der Waals surface area contributed by atoms with Gasteiger partial charge in [-0.3, -0.25) is 0 Å². The van der Waals surface area contributed by atoms with Crippen LogP contribution in [0.25, 0.3) is 67.4 Å². The molecule has 0 N–H and O–H groups in total. The average molecular weight is 489 g/mol. The summed E-state index contributed by atoms with van der Waals surface area (Å²) in [5.41, 5.74) is 8.45. The average Bonchev–Trinajstić information content (AvgIpc) is 3.49. The molecular weight excluding hydrogens is 460 g/mol. The first-order valence-electron chi connectivity index (χ1n) is 13.2. The monoisotopic (exact) mass is 488 g/mol. The van der Waals surface area contributed by atoms with Crippen LogP contribution in [0, 0.1) is 0 Å². The first kappa shape index (κ1) is 22.4. The molecule has 2 nitrogen and oxygen atoms in total. The molecule has 0 aliphatic rings. The number of rotatable bonds is 3. The van der Waals surface area contributed by atoms with E-state index in [0.717, 1.165) is 0 Å². The number of fused-ring (bicyclic) bond motifs is 4. The summed E-state index contributed by atoms with van der Waals surface area (Å²) in [4.78, 5) is 0. The van der Waals surface area contributed by atoms with E-state index in [9.17, 15) is 0 Å². The first-order valence-corrected chi connectivity index (χ1v) is 13.2. The summed E-state index contributed by atoms with van der Waals surface area (Å²) < 4.78 is 4.77. The van der Waals surface area contributed by atoms with Gasteiger partial charge >= 0.3 is 0 Å². The third kappa shape index (κ3) is 3.34. The Kier molecular flexibility index (Phi) is 5.26. The molecule has 0 spiro atoms. The normalized spacial score (nSPS) is 12.8. The molecule has 0 fully saturated rings. The van der Waals surface area contributed by atoms with Crippen molar-refractivity contribution in [2.24, 2.45) is 0 Å². The molecule has 0 atom stereocenters. The Morgan fingerprint density at radius 3 is 1.61 bits per heavy atom. The quantitative estimate of drug-likeness (QED) is 0.238. The summed E-state index contributed by atoms with van der Waals surface area (Å²) in [6, 6.07) is 43.8. The van der Waals surface area contributed by atoms with Crippen molar-refractivity contribution in [1.29, 1.82) is 0 Å². The minimum absolute atomic E-state index is 1.18.